The van der Waals surface area contributed by atoms with Gasteiger partial charge in [0.15, 0.2) is 0 Å². The minimum absolute atomic E-state index is 0.0572. The average Bonchev–Trinajstić information content (AvgIpc) is 2.16. The summed E-state index contributed by atoms with van der Waals surface area (Å²) in [5, 5.41) is 9.79. The Kier molecular flexibility index (Phi) is 4.49. The molecule has 0 aliphatic carbocycles. The molecule has 0 radical (unpaired) electrons. The zero-order chi connectivity index (χ0) is 12.1. The van der Waals surface area contributed by atoms with Gasteiger partial charge in [0, 0.05) is 4.47 Å². The first-order chi connectivity index (χ1) is 7.49. The van der Waals surface area contributed by atoms with E-state index in [0.29, 0.717) is 0 Å². The van der Waals surface area contributed by atoms with Crippen LogP contribution in [-0.2, 0) is 4.79 Å². The summed E-state index contributed by atoms with van der Waals surface area (Å²) in [7, 11) is 0. The number of rotatable bonds is 4. The van der Waals surface area contributed by atoms with Crippen LogP contribution in [0.2, 0.25) is 0 Å². The largest absolute Gasteiger partial charge is 0.387 e. The fourth-order valence-corrected chi connectivity index (χ4v) is 1.74. The summed E-state index contributed by atoms with van der Waals surface area (Å²) in [4.78, 5) is 11.4. The third-order valence-corrected chi connectivity index (χ3v) is 2.57. The molecular formula is C11H14BrN3O. The van der Waals surface area contributed by atoms with E-state index < -0.39 is 0 Å². The summed E-state index contributed by atoms with van der Waals surface area (Å²) in [5.41, 5.74) is 6.15. The van der Waals surface area contributed by atoms with E-state index in [-0.39, 0.29) is 24.2 Å². The monoisotopic (exact) mass is 283 g/mol. The summed E-state index contributed by atoms with van der Waals surface area (Å²) < 4.78 is 0.970. The molecule has 0 heterocycles. The van der Waals surface area contributed by atoms with Gasteiger partial charge in [0.05, 0.1) is 18.3 Å². The molecule has 16 heavy (non-hydrogen) atoms. The van der Waals surface area contributed by atoms with Crippen molar-refractivity contribution in [1.82, 2.24) is 5.32 Å². The molecule has 5 heteroatoms. The van der Waals surface area contributed by atoms with Crippen LogP contribution in [0.25, 0.3) is 0 Å². The molecule has 0 fully saturated rings. The van der Waals surface area contributed by atoms with E-state index in [1.54, 1.807) is 0 Å². The Hall–Kier alpha value is -1.36. The Morgan fingerprint density at radius 1 is 1.62 bits per heavy atom. The maximum atomic E-state index is 11.4. The lowest BCUT2D eigenvalue weighted by Crippen LogP contribution is -2.30. The van der Waals surface area contributed by atoms with E-state index >= 15 is 0 Å². The minimum atomic E-state index is -0.236. The number of hydrogen-bond acceptors (Lipinski definition) is 2. The van der Waals surface area contributed by atoms with Gasteiger partial charge in [-0.2, -0.15) is 0 Å². The first-order valence-corrected chi connectivity index (χ1v) is 5.66. The zero-order valence-electron chi connectivity index (χ0n) is 8.96. The van der Waals surface area contributed by atoms with Gasteiger partial charge >= 0.3 is 0 Å². The van der Waals surface area contributed by atoms with Crippen LogP contribution in [0.15, 0.2) is 28.7 Å². The Balaban J connectivity index is 2.62. The van der Waals surface area contributed by atoms with Crippen LogP contribution in [0.5, 0.6) is 0 Å². The van der Waals surface area contributed by atoms with E-state index in [1.807, 2.05) is 31.2 Å². The van der Waals surface area contributed by atoms with E-state index in [1.165, 1.54) is 0 Å². The fourth-order valence-electron chi connectivity index (χ4n) is 1.32. The highest BCUT2D eigenvalue weighted by molar-refractivity contribution is 9.10. The van der Waals surface area contributed by atoms with E-state index in [9.17, 15) is 4.79 Å². The van der Waals surface area contributed by atoms with Gasteiger partial charge in [-0.25, -0.2) is 0 Å². The number of benzene rings is 1. The van der Waals surface area contributed by atoms with Gasteiger partial charge in [0.25, 0.3) is 0 Å². The molecule has 1 amide bonds. The third-order valence-electron chi connectivity index (χ3n) is 2.08. The zero-order valence-corrected chi connectivity index (χ0v) is 10.5. The van der Waals surface area contributed by atoms with E-state index in [2.05, 4.69) is 21.2 Å². The number of nitrogens with one attached hydrogen (secondary N) is 2. The lowest BCUT2D eigenvalue weighted by Gasteiger charge is -2.14. The van der Waals surface area contributed by atoms with Gasteiger partial charge in [-0.05, 0) is 24.6 Å². The lowest BCUT2D eigenvalue weighted by molar-refractivity contribution is -0.120. The first kappa shape index (κ1) is 12.7. The molecule has 0 saturated carbocycles. The Morgan fingerprint density at radius 2 is 2.31 bits per heavy atom. The van der Waals surface area contributed by atoms with Crippen LogP contribution in [0.1, 0.15) is 24.9 Å². The molecule has 1 aromatic rings. The fraction of sp³-hybridized carbons (Fsp3) is 0.273. The van der Waals surface area contributed by atoms with Crippen molar-refractivity contribution in [2.45, 2.75) is 19.4 Å². The van der Waals surface area contributed by atoms with Crippen molar-refractivity contribution in [3.05, 3.63) is 34.3 Å². The predicted molar refractivity (Wildman–Crippen MR) is 67.2 cm³/mol. The molecule has 1 aromatic carbocycles. The molecule has 0 aromatic heterocycles. The van der Waals surface area contributed by atoms with Crippen molar-refractivity contribution in [2.24, 2.45) is 5.73 Å². The molecule has 1 rings (SSSR count). The summed E-state index contributed by atoms with van der Waals surface area (Å²) in [6.07, 6.45) is -0.0572. The van der Waals surface area contributed by atoms with Crippen LogP contribution in [0.4, 0.5) is 0 Å². The summed E-state index contributed by atoms with van der Waals surface area (Å²) in [6.45, 7) is 1.89. The van der Waals surface area contributed by atoms with E-state index in [0.717, 1.165) is 10.0 Å². The SMILES string of the molecule is CC(NC(=O)CC(=N)N)c1cccc(Br)c1. The normalized spacial score (nSPS) is 11.9. The van der Waals surface area contributed by atoms with Gasteiger partial charge in [-0.1, -0.05) is 28.1 Å². The second kappa shape index (κ2) is 5.65. The quantitative estimate of drug-likeness (QED) is 0.583. The number of amidine groups is 1. The molecule has 0 saturated heterocycles. The number of hydrogen-bond donors (Lipinski definition) is 3. The Labute approximate surface area is 103 Å². The average molecular weight is 284 g/mol. The lowest BCUT2D eigenvalue weighted by atomic mass is 10.1. The van der Waals surface area contributed by atoms with Crippen LogP contribution >= 0.6 is 15.9 Å². The second-order valence-corrected chi connectivity index (χ2v) is 4.46. The van der Waals surface area contributed by atoms with Crippen molar-refractivity contribution < 1.29 is 4.79 Å². The summed E-state index contributed by atoms with van der Waals surface area (Å²) in [6, 6.07) is 7.62. The van der Waals surface area contributed by atoms with E-state index in [4.69, 9.17) is 11.1 Å². The predicted octanol–water partition coefficient (Wildman–Crippen LogP) is 1.95. The Bertz CT molecular complexity index is 406. The topological polar surface area (TPSA) is 79.0 Å². The smallest absolute Gasteiger partial charge is 0.228 e. The molecule has 0 aliphatic heterocycles. The summed E-state index contributed by atoms with van der Waals surface area (Å²) in [5.74, 6) is -0.362. The van der Waals surface area contributed by atoms with Gasteiger partial charge in [-0.3, -0.25) is 10.2 Å². The highest BCUT2D eigenvalue weighted by Crippen LogP contribution is 2.17. The van der Waals surface area contributed by atoms with Gasteiger partial charge in [0.1, 0.15) is 0 Å². The van der Waals surface area contributed by atoms with Crippen molar-refractivity contribution in [2.75, 3.05) is 0 Å². The molecule has 4 nitrogen and oxygen atoms in total. The number of nitrogens with two attached hydrogens (primary N) is 1. The minimum Gasteiger partial charge on any atom is -0.387 e. The molecule has 0 aliphatic rings. The molecule has 1 atom stereocenters. The van der Waals surface area contributed by atoms with Crippen molar-refractivity contribution in [3.8, 4) is 0 Å². The summed E-state index contributed by atoms with van der Waals surface area (Å²) >= 11 is 3.37. The molecule has 0 bridgehead atoms. The molecular weight excluding hydrogens is 270 g/mol. The Morgan fingerprint density at radius 3 is 2.88 bits per heavy atom. The standard InChI is InChI=1S/C11H14BrN3O/c1-7(15-11(16)6-10(13)14)8-3-2-4-9(12)5-8/h2-5,7H,6H2,1H3,(H3,13,14)(H,15,16). The van der Waals surface area contributed by atoms with Crippen LogP contribution in [0, 0.1) is 5.41 Å². The molecule has 0 spiro atoms. The van der Waals surface area contributed by atoms with Crippen LogP contribution in [-0.4, -0.2) is 11.7 Å². The van der Waals surface area contributed by atoms with Crippen molar-refractivity contribution in [3.63, 3.8) is 0 Å². The van der Waals surface area contributed by atoms with Crippen molar-refractivity contribution in [1.29, 1.82) is 5.41 Å². The van der Waals surface area contributed by atoms with Gasteiger partial charge in [0.2, 0.25) is 5.91 Å². The second-order valence-electron chi connectivity index (χ2n) is 3.55. The molecule has 1 unspecified atom stereocenters. The maximum absolute atomic E-state index is 11.4. The first-order valence-electron chi connectivity index (χ1n) is 4.86. The third kappa shape index (κ3) is 4.02. The number of carbonyl (C=O) groups excluding carboxylic acids is 1. The highest BCUT2D eigenvalue weighted by Gasteiger charge is 2.10. The van der Waals surface area contributed by atoms with Crippen LogP contribution in [0.3, 0.4) is 0 Å². The van der Waals surface area contributed by atoms with Gasteiger partial charge in [-0.15, -0.1) is 0 Å². The van der Waals surface area contributed by atoms with Crippen LogP contribution < -0.4 is 11.1 Å². The number of amides is 1. The van der Waals surface area contributed by atoms with Crippen molar-refractivity contribution >= 4 is 27.7 Å². The number of halogens is 1. The molecule has 4 N–H and O–H groups in total. The highest BCUT2D eigenvalue weighted by atomic mass is 79.9. The maximum Gasteiger partial charge on any atom is 0.228 e. The molecule has 86 valence electrons. The van der Waals surface area contributed by atoms with Gasteiger partial charge < -0.3 is 11.1 Å². The number of carbonyl (C=O) groups is 1.